The zero-order chi connectivity index (χ0) is 15.2. The number of thiocarbonyl (C=S) groups is 1. The molecule has 0 aliphatic heterocycles. The van der Waals surface area contributed by atoms with Gasteiger partial charge in [-0.3, -0.25) is 10.1 Å². The van der Waals surface area contributed by atoms with Crippen LogP contribution in [0.2, 0.25) is 0 Å². The molecule has 108 valence electrons. The maximum atomic E-state index is 12.0. The molecule has 0 spiro atoms. The second-order valence-corrected chi connectivity index (χ2v) is 5.47. The van der Waals surface area contributed by atoms with Crippen molar-refractivity contribution >= 4 is 44.9 Å². The van der Waals surface area contributed by atoms with Crippen molar-refractivity contribution in [1.82, 2.24) is 5.32 Å². The Morgan fingerprint density at radius 3 is 2.57 bits per heavy atom. The molecule has 0 aliphatic carbocycles. The number of carbonyl (C=O) groups excluding carboxylic acids is 1. The molecular formula is C15H13BrN2O2S. The van der Waals surface area contributed by atoms with Crippen molar-refractivity contribution in [2.75, 3.05) is 12.4 Å². The summed E-state index contributed by atoms with van der Waals surface area (Å²) in [4.78, 5) is 12.0. The van der Waals surface area contributed by atoms with Crippen molar-refractivity contribution in [2.45, 2.75) is 0 Å². The minimum Gasteiger partial charge on any atom is -0.497 e. The number of halogens is 1. The Morgan fingerprint density at radius 1 is 1.19 bits per heavy atom. The maximum absolute atomic E-state index is 12.0. The molecule has 6 heteroatoms. The van der Waals surface area contributed by atoms with E-state index in [9.17, 15) is 4.79 Å². The molecule has 0 bridgehead atoms. The second-order valence-electron chi connectivity index (χ2n) is 4.15. The number of carbonyl (C=O) groups is 1. The molecule has 2 aromatic rings. The average Bonchev–Trinajstić information content (AvgIpc) is 2.47. The van der Waals surface area contributed by atoms with Crippen LogP contribution >= 0.6 is 28.1 Å². The van der Waals surface area contributed by atoms with Crippen LogP contribution in [0.3, 0.4) is 0 Å². The minimum absolute atomic E-state index is 0.233. The van der Waals surface area contributed by atoms with Gasteiger partial charge in [-0.2, -0.15) is 0 Å². The Bertz CT molecular complexity index is 659. The van der Waals surface area contributed by atoms with E-state index >= 15 is 0 Å². The first-order valence-electron chi connectivity index (χ1n) is 6.10. The topological polar surface area (TPSA) is 50.4 Å². The third-order valence-corrected chi connectivity index (χ3v) is 3.39. The summed E-state index contributed by atoms with van der Waals surface area (Å²) in [5, 5.41) is 5.80. The zero-order valence-corrected chi connectivity index (χ0v) is 13.6. The monoisotopic (exact) mass is 364 g/mol. The van der Waals surface area contributed by atoms with E-state index in [1.807, 2.05) is 18.2 Å². The fraction of sp³-hybridized carbons (Fsp3) is 0.0667. The minimum atomic E-state index is -0.261. The maximum Gasteiger partial charge on any atom is 0.257 e. The zero-order valence-electron chi connectivity index (χ0n) is 11.2. The van der Waals surface area contributed by atoms with E-state index in [-0.39, 0.29) is 11.0 Å². The van der Waals surface area contributed by atoms with E-state index in [1.165, 1.54) is 0 Å². The van der Waals surface area contributed by atoms with Crippen LogP contribution in [0.4, 0.5) is 5.69 Å². The van der Waals surface area contributed by atoms with Gasteiger partial charge in [-0.05, 0) is 48.6 Å². The summed E-state index contributed by atoms with van der Waals surface area (Å²) < 4.78 is 6.04. The van der Waals surface area contributed by atoms with Crippen LogP contribution in [0.5, 0.6) is 5.75 Å². The van der Waals surface area contributed by atoms with Crippen molar-refractivity contribution in [3.63, 3.8) is 0 Å². The molecule has 0 heterocycles. The van der Waals surface area contributed by atoms with E-state index in [0.717, 1.165) is 10.2 Å². The molecule has 21 heavy (non-hydrogen) atoms. The van der Waals surface area contributed by atoms with Crippen molar-refractivity contribution < 1.29 is 9.53 Å². The number of ether oxygens (including phenoxy) is 1. The van der Waals surface area contributed by atoms with Crippen LogP contribution in [-0.2, 0) is 0 Å². The molecule has 0 saturated heterocycles. The molecule has 0 aromatic heterocycles. The number of rotatable bonds is 3. The van der Waals surface area contributed by atoms with Crippen molar-refractivity contribution in [3.05, 3.63) is 58.6 Å². The number of benzene rings is 2. The van der Waals surface area contributed by atoms with Crippen LogP contribution in [0.1, 0.15) is 10.4 Å². The molecule has 2 N–H and O–H groups in total. The van der Waals surface area contributed by atoms with Crippen LogP contribution in [0, 0.1) is 0 Å². The largest absolute Gasteiger partial charge is 0.497 e. The smallest absolute Gasteiger partial charge is 0.257 e. The van der Waals surface area contributed by atoms with Crippen LogP contribution in [0.25, 0.3) is 0 Å². The van der Waals surface area contributed by atoms with Gasteiger partial charge < -0.3 is 10.1 Å². The molecule has 1 amide bonds. The molecule has 0 fully saturated rings. The van der Waals surface area contributed by atoms with Crippen molar-refractivity contribution in [1.29, 1.82) is 0 Å². The fourth-order valence-corrected chi connectivity index (χ4v) is 2.11. The summed E-state index contributed by atoms with van der Waals surface area (Å²) in [6.07, 6.45) is 0. The molecule has 0 radical (unpaired) electrons. The summed E-state index contributed by atoms with van der Waals surface area (Å²) in [6.45, 7) is 0. The highest BCUT2D eigenvalue weighted by Crippen LogP contribution is 2.16. The Morgan fingerprint density at radius 2 is 1.90 bits per heavy atom. The third-order valence-electron chi connectivity index (χ3n) is 2.66. The normalized spacial score (nSPS) is 9.81. The van der Waals surface area contributed by atoms with Gasteiger partial charge in [0.05, 0.1) is 7.11 Å². The number of hydrogen-bond donors (Lipinski definition) is 2. The van der Waals surface area contributed by atoms with Crippen LogP contribution < -0.4 is 15.4 Å². The van der Waals surface area contributed by atoms with Gasteiger partial charge in [0.25, 0.3) is 5.91 Å². The van der Waals surface area contributed by atoms with Crippen molar-refractivity contribution in [2.24, 2.45) is 0 Å². The molecule has 4 nitrogen and oxygen atoms in total. The first-order chi connectivity index (χ1) is 10.1. The molecular weight excluding hydrogens is 352 g/mol. The van der Waals surface area contributed by atoms with Gasteiger partial charge in [-0.15, -0.1) is 0 Å². The van der Waals surface area contributed by atoms with Gasteiger partial charge in [0.15, 0.2) is 5.11 Å². The van der Waals surface area contributed by atoms with Crippen LogP contribution in [0.15, 0.2) is 53.0 Å². The lowest BCUT2D eigenvalue weighted by molar-refractivity contribution is 0.0977. The number of methoxy groups -OCH3 is 1. The highest BCUT2D eigenvalue weighted by atomic mass is 79.9. The van der Waals surface area contributed by atoms with Crippen LogP contribution in [-0.4, -0.2) is 18.1 Å². The van der Waals surface area contributed by atoms with Gasteiger partial charge >= 0.3 is 0 Å². The van der Waals surface area contributed by atoms with Gasteiger partial charge in [-0.25, -0.2) is 0 Å². The molecule has 2 rings (SSSR count). The summed E-state index contributed by atoms with van der Waals surface area (Å²) in [5.41, 5.74) is 1.28. The predicted octanol–water partition coefficient (Wildman–Crippen LogP) is 3.58. The summed E-state index contributed by atoms with van der Waals surface area (Å²) in [7, 11) is 1.59. The average molecular weight is 365 g/mol. The first-order valence-corrected chi connectivity index (χ1v) is 7.30. The molecule has 0 unspecified atom stereocenters. The fourth-order valence-electron chi connectivity index (χ4n) is 1.64. The molecule has 0 aliphatic rings. The molecule has 0 atom stereocenters. The SMILES string of the molecule is COc1cccc(NC(=S)NC(=O)c2ccc(Br)cc2)c1. The quantitative estimate of drug-likeness (QED) is 0.817. The van der Waals surface area contributed by atoms with E-state index in [2.05, 4.69) is 26.6 Å². The van der Waals surface area contributed by atoms with Gasteiger partial charge in [0.1, 0.15) is 5.75 Å². The molecule has 0 saturated carbocycles. The van der Waals surface area contributed by atoms with Gasteiger partial charge in [0.2, 0.25) is 0 Å². The summed E-state index contributed by atoms with van der Waals surface area (Å²) >= 11 is 8.45. The Labute approximate surface area is 136 Å². The highest BCUT2D eigenvalue weighted by Gasteiger charge is 2.08. The second kappa shape index (κ2) is 7.19. The van der Waals surface area contributed by atoms with E-state index in [1.54, 1.807) is 37.4 Å². The van der Waals surface area contributed by atoms with Gasteiger partial charge in [-0.1, -0.05) is 22.0 Å². The van der Waals surface area contributed by atoms with E-state index in [4.69, 9.17) is 17.0 Å². The third kappa shape index (κ3) is 4.54. The lowest BCUT2D eigenvalue weighted by Crippen LogP contribution is -2.34. The summed E-state index contributed by atoms with van der Waals surface area (Å²) in [5.74, 6) is 0.449. The lowest BCUT2D eigenvalue weighted by Gasteiger charge is -2.10. The molecule has 2 aromatic carbocycles. The standard InChI is InChI=1S/C15H13BrN2O2S/c1-20-13-4-2-3-12(9-13)17-15(21)18-14(19)10-5-7-11(16)8-6-10/h2-9H,1H3,(H2,17,18,19,21). The first kappa shape index (κ1) is 15.5. The number of anilines is 1. The Balaban J connectivity index is 1.97. The Hall–Kier alpha value is -1.92. The van der Waals surface area contributed by atoms with E-state index < -0.39 is 0 Å². The predicted molar refractivity (Wildman–Crippen MR) is 90.8 cm³/mol. The highest BCUT2D eigenvalue weighted by molar-refractivity contribution is 9.10. The van der Waals surface area contributed by atoms with Crippen molar-refractivity contribution in [3.8, 4) is 5.75 Å². The number of nitrogens with one attached hydrogen (secondary N) is 2. The number of hydrogen-bond acceptors (Lipinski definition) is 3. The summed E-state index contributed by atoms with van der Waals surface area (Å²) in [6, 6.07) is 14.3. The lowest BCUT2D eigenvalue weighted by atomic mass is 10.2. The van der Waals surface area contributed by atoms with E-state index in [0.29, 0.717) is 11.3 Å². The number of amides is 1. The Kier molecular flexibility index (Phi) is 5.30. The van der Waals surface area contributed by atoms with Gasteiger partial charge in [0, 0.05) is 21.8 Å².